The lowest BCUT2D eigenvalue weighted by Gasteiger charge is -2.21. The van der Waals surface area contributed by atoms with Crippen LogP contribution in [-0.2, 0) is 4.74 Å². The zero-order valence-corrected chi connectivity index (χ0v) is 11.3. The van der Waals surface area contributed by atoms with E-state index in [9.17, 15) is 4.79 Å². The molecule has 1 aromatic rings. The molecule has 7 nitrogen and oxygen atoms in total. The predicted molar refractivity (Wildman–Crippen MR) is 69.5 cm³/mol. The summed E-state index contributed by atoms with van der Waals surface area (Å²) in [6.07, 6.45) is 1.59. The second-order valence-corrected chi connectivity index (χ2v) is 4.08. The normalized spacial score (nSPS) is 11.6. The summed E-state index contributed by atoms with van der Waals surface area (Å²) in [5, 5.41) is 11.4. The number of halogens is 1. The van der Waals surface area contributed by atoms with Gasteiger partial charge in [0.15, 0.2) is 0 Å². The smallest absolute Gasteiger partial charge is 0.258 e. The highest BCUT2D eigenvalue weighted by molar-refractivity contribution is 6.32. The fraction of sp³-hybridized carbons (Fsp3) is 0.455. The summed E-state index contributed by atoms with van der Waals surface area (Å²) in [6, 6.07) is 1.49. The van der Waals surface area contributed by atoms with Crippen LogP contribution in [-0.4, -0.2) is 48.7 Å². The van der Waals surface area contributed by atoms with Crippen molar-refractivity contribution in [2.24, 2.45) is 10.9 Å². The van der Waals surface area contributed by atoms with E-state index in [1.165, 1.54) is 24.3 Å². The van der Waals surface area contributed by atoms with E-state index in [0.717, 1.165) is 0 Å². The number of oxime groups is 1. The van der Waals surface area contributed by atoms with E-state index in [-0.39, 0.29) is 28.9 Å². The van der Waals surface area contributed by atoms with Crippen molar-refractivity contribution in [3.8, 4) is 0 Å². The van der Waals surface area contributed by atoms with E-state index in [0.29, 0.717) is 19.7 Å². The van der Waals surface area contributed by atoms with Crippen LogP contribution in [0.25, 0.3) is 0 Å². The van der Waals surface area contributed by atoms with Gasteiger partial charge in [-0.15, -0.1) is 0 Å². The number of nitrogens with zero attached hydrogens (tertiary/aromatic N) is 2. The van der Waals surface area contributed by atoms with Crippen LogP contribution in [0.5, 0.6) is 0 Å². The molecule has 0 saturated carbocycles. The maximum Gasteiger partial charge on any atom is 0.258 e. The van der Waals surface area contributed by atoms with Crippen LogP contribution in [0.3, 0.4) is 0 Å². The maximum absolute atomic E-state index is 12.2. The Hall–Kier alpha value is -1.73. The quantitative estimate of drug-likeness (QED) is 0.339. The molecule has 0 saturated heterocycles. The summed E-state index contributed by atoms with van der Waals surface area (Å²) in [4.78, 5) is 13.7. The van der Waals surface area contributed by atoms with Gasteiger partial charge in [0.2, 0.25) is 5.22 Å². The van der Waals surface area contributed by atoms with E-state index >= 15 is 0 Å². The number of hydrogen-bond acceptors (Lipinski definition) is 5. The molecule has 106 valence electrons. The third-order valence-electron chi connectivity index (χ3n) is 2.47. The molecule has 0 radical (unpaired) electrons. The lowest BCUT2D eigenvalue weighted by Crippen LogP contribution is -2.36. The fourth-order valence-corrected chi connectivity index (χ4v) is 1.63. The van der Waals surface area contributed by atoms with Crippen molar-refractivity contribution in [1.29, 1.82) is 0 Å². The lowest BCUT2D eigenvalue weighted by molar-refractivity contribution is 0.0700. The number of ether oxygens (including phenoxy) is 1. The number of nitrogens with two attached hydrogens (primary N) is 1. The molecule has 0 aliphatic heterocycles. The average molecular weight is 290 g/mol. The van der Waals surface area contributed by atoms with Crippen molar-refractivity contribution in [2.45, 2.75) is 6.42 Å². The lowest BCUT2D eigenvalue weighted by atomic mass is 10.2. The molecule has 0 spiro atoms. The standard InChI is InChI=1S/C11H16ClN3O4/c1-18-7-5-15(4-2-9(13)14-17)11(16)8-3-6-19-10(8)12/h3,6,17H,2,4-5,7H2,1H3,(H2,13,14). The van der Waals surface area contributed by atoms with Crippen molar-refractivity contribution in [2.75, 3.05) is 26.8 Å². The summed E-state index contributed by atoms with van der Waals surface area (Å²) in [7, 11) is 1.54. The topological polar surface area (TPSA) is 101 Å². The van der Waals surface area contributed by atoms with Crippen LogP contribution in [0, 0.1) is 0 Å². The van der Waals surface area contributed by atoms with Crippen LogP contribution in [0.2, 0.25) is 5.22 Å². The highest BCUT2D eigenvalue weighted by atomic mass is 35.5. The number of amides is 1. The van der Waals surface area contributed by atoms with Crippen LogP contribution in [0.15, 0.2) is 21.9 Å². The van der Waals surface area contributed by atoms with Crippen molar-refractivity contribution in [3.63, 3.8) is 0 Å². The molecule has 0 bridgehead atoms. The molecule has 0 unspecified atom stereocenters. The van der Waals surface area contributed by atoms with Crippen LogP contribution in [0.1, 0.15) is 16.8 Å². The Balaban J connectivity index is 2.73. The largest absolute Gasteiger partial charge is 0.452 e. The summed E-state index contributed by atoms with van der Waals surface area (Å²) >= 11 is 5.77. The van der Waals surface area contributed by atoms with Crippen LogP contribution < -0.4 is 5.73 Å². The number of methoxy groups -OCH3 is 1. The van der Waals surface area contributed by atoms with E-state index in [2.05, 4.69) is 5.16 Å². The fourth-order valence-electron chi connectivity index (χ4n) is 1.43. The number of carbonyl (C=O) groups is 1. The first-order chi connectivity index (χ1) is 9.10. The first-order valence-electron chi connectivity index (χ1n) is 5.57. The number of carbonyl (C=O) groups excluding carboxylic acids is 1. The monoisotopic (exact) mass is 289 g/mol. The van der Waals surface area contributed by atoms with Gasteiger partial charge in [-0.3, -0.25) is 4.79 Å². The minimum Gasteiger partial charge on any atom is -0.452 e. The maximum atomic E-state index is 12.2. The zero-order valence-electron chi connectivity index (χ0n) is 10.5. The van der Waals surface area contributed by atoms with Crippen molar-refractivity contribution in [3.05, 3.63) is 23.1 Å². The molecule has 8 heteroatoms. The molecule has 1 amide bonds. The first-order valence-corrected chi connectivity index (χ1v) is 5.95. The highest BCUT2D eigenvalue weighted by Crippen LogP contribution is 2.18. The Morgan fingerprint density at radius 3 is 2.89 bits per heavy atom. The number of hydrogen-bond donors (Lipinski definition) is 2. The van der Waals surface area contributed by atoms with E-state index in [1.54, 1.807) is 0 Å². The second kappa shape index (κ2) is 7.65. The average Bonchev–Trinajstić information content (AvgIpc) is 2.84. The summed E-state index contributed by atoms with van der Waals surface area (Å²) in [5.41, 5.74) is 5.66. The Bertz CT molecular complexity index is 447. The Morgan fingerprint density at radius 1 is 1.63 bits per heavy atom. The summed E-state index contributed by atoms with van der Waals surface area (Å²) in [6.45, 7) is 1.03. The Labute approximate surface area is 115 Å². The molecule has 0 atom stereocenters. The number of rotatable bonds is 7. The number of furan rings is 1. The molecule has 1 rings (SSSR count). The van der Waals surface area contributed by atoms with Crippen LogP contribution in [0.4, 0.5) is 0 Å². The van der Waals surface area contributed by atoms with Crippen molar-refractivity contribution >= 4 is 23.3 Å². The molecule has 1 heterocycles. The van der Waals surface area contributed by atoms with Gasteiger partial charge >= 0.3 is 0 Å². The highest BCUT2D eigenvalue weighted by Gasteiger charge is 2.20. The number of amidine groups is 1. The van der Waals surface area contributed by atoms with Gasteiger partial charge in [0, 0.05) is 26.6 Å². The van der Waals surface area contributed by atoms with Gasteiger partial charge in [-0.2, -0.15) is 0 Å². The van der Waals surface area contributed by atoms with E-state index < -0.39 is 0 Å². The molecule has 1 aromatic heterocycles. The second-order valence-electron chi connectivity index (χ2n) is 3.73. The third-order valence-corrected chi connectivity index (χ3v) is 2.76. The summed E-state index contributed by atoms with van der Waals surface area (Å²) < 4.78 is 9.83. The molecule has 0 aliphatic carbocycles. The zero-order chi connectivity index (χ0) is 14.3. The Morgan fingerprint density at radius 2 is 2.37 bits per heavy atom. The molecule has 0 aliphatic rings. The predicted octanol–water partition coefficient (Wildman–Crippen LogP) is 1.16. The van der Waals surface area contributed by atoms with Gasteiger partial charge in [0.25, 0.3) is 5.91 Å². The SMILES string of the molecule is COCCN(CC/C(N)=N/O)C(=O)c1ccoc1Cl. The molecule has 0 fully saturated rings. The Kier molecular flexibility index (Phi) is 6.17. The third kappa shape index (κ3) is 4.46. The minimum atomic E-state index is -0.290. The van der Waals surface area contributed by atoms with Gasteiger partial charge in [-0.1, -0.05) is 5.16 Å². The van der Waals surface area contributed by atoms with Crippen molar-refractivity contribution < 1.29 is 19.2 Å². The van der Waals surface area contributed by atoms with Crippen molar-refractivity contribution in [1.82, 2.24) is 4.90 Å². The molecule has 19 heavy (non-hydrogen) atoms. The van der Waals surface area contributed by atoms with E-state index in [1.807, 2.05) is 0 Å². The first kappa shape index (κ1) is 15.3. The van der Waals surface area contributed by atoms with E-state index in [4.69, 9.17) is 31.7 Å². The molecule has 3 N–H and O–H groups in total. The van der Waals surface area contributed by atoms with Gasteiger partial charge < -0.3 is 25.0 Å². The molecular formula is C11H16ClN3O4. The van der Waals surface area contributed by atoms with Gasteiger partial charge in [0.05, 0.1) is 18.4 Å². The molecule has 0 aromatic carbocycles. The van der Waals surface area contributed by atoms with Crippen LogP contribution >= 0.6 is 11.6 Å². The molecular weight excluding hydrogens is 274 g/mol. The minimum absolute atomic E-state index is 0.0382. The van der Waals surface area contributed by atoms with Gasteiger partial charge in [-0.05, 0) is 17.7 Å². The van der Waals surface area contributed by atoms with Gasteiger partial charge in [-0.25, -0.2) is 0 Å². The van der Waals surface area contributed by atoms with Gasteiger partial charge in [0.1, 0.15) is 5.84 Å². The summed E-state index contributed by atoms with van der Waals surface area (Å²) in [5.74, 6) is -0.241.